The highest BCUT2D eigenvalue weighted by Crippen LogP contribution is 2.27. The van der Waals surface area contributed by atoms with E-state index in [9.17, 15) is 0 Å². The predicted octanol–water partition coefficient (Wildman–Crippen LogP) is 6.93. The molecule has 0 aliphatic carbocycles. The highest BCUT2D eigenvalue weighted by atomic mass is 16.5. The van der Waals surface area contributed by atoms with Gasteiger partial charge in [0.05, 0.1) is 25.3 Å². The number of fused-ring (bicyclic) bond motifs is 1. The highest BCUT2D eigenvalue weighted by Gasteiger charge is 2.08. The smallest absolute Gasteiger partial charge is 0.137 e. The van der Waals surface area contributed by atoms with Crippen molar-refractivity contribution in [2.24, 2.45) is 4.99 Å². The van der Waals surface area contributed by atoms with Gasteiger partial charge in [0.1, 0.15) is 35.2 Å². The zero-order valence-electron chi connectivity index (χ0n) is 19.6. The van der Waals surface area contributed by atoms with Gasteiger partial charge in [0.25, 0.3) is 0 Å². The van der Waals surface area contributed by atoms with Crippen LogP contribution in [0.1, 0.15) is 5.56 Å². The normalized spacial score (nSPS) is 11.4. The summed E-state index contributed by atoms with van der Waals surface area (Å²) in [7, 11) is 3.30. The lowest BCUT2D eigenvalue weighted by Crippen LogP contribution is -2.03. The number of nitrogens with zero attached hydrogens (tertiary/aromatic N) is 1. The predicted molar refractivity (Wildman–Crippen MR) is 137 cm³/mol. The Morgan fingerprint density at radius 3 is 2.09 bits per heavy atom. The maximum absolute atomic E-state index is 6.22. The number of hydrogen-bond donors (Lipinski definition) is 0. The van der Waals surface area contributed by atoms with E-state index in [1.807, 2.05) is 103 Å². The third-order valence-corrected chi connectivity index (χ3v) is 5.66. The minimum atomic E-state index is 0.521. The number of rotatable bonds is 7. The summed E-state index contributed by atoms with van der Waals surface area (Å²) in [5.41, 5.74) is 3.60. The minimum Gasteiger partial charge on any atom is -0.497 e. The molecular formula is C30H25NO4. The van der Waals surface area contributed by atoms with Crippen molar-refractivity contribution >= 4 is 16.7 Å². The van der Waals surface area contributed by atoms with Crippen molar-refractivity contribution in [3.63, 3.8) is 0 Å². The van der Waals surface area contributed by atoms with Crippen LogP contribution in [0.2, 0.25) is 0 Å². The monoisotopic (exact) mass is 463 g/mol. The first-order chi connectivity index (χ1) is 17.2. The molecule has 35 heavy (non-hydrogen) atoms. The van der Waals surface area contributed by atoms with E-state index in [4.69, 9.17) is 23.6 Å². The Morgan fingerprint density at radius 1 is 0.686 bits per heavy atom. The van der Waals surface area contributed by atoms with Crippen molar-refractivity contribution in [3.8, 4) is 28.6 Å². The van der Waals surface area contributed by atoms with Crippen LogP contribution in [0.5, 0.6) is 17.2 Å². The van der Waals surface area contributed by atoms with E-state index in [0.29, 0.717) is 12.4 Å². The van der Waals surface area contributed by atoms with Gasteiger partial charge >= 0.3 is 0 Å². The Balaban J connectivity index is 1.51. The molecule has 0 aliphatic heterocycles. The van der Waals surface area contributed by atoms with E-state index >= 15 is 0 Å². The van der Waals surface area contributed by atoms with Crippen LogP contribution in [0.3, 0.4) is 0 Å². The lowest BCUT2D eigenvalue weighted by atomic mass is 10.1. The van der Waals surface area contributed by atoms with Gasteiger partial charge in [0.15, 0.2) is 0 Å². The van der Waals surface area contributed by atoms with Gasteiger partial charge in [0.2, 0.25) is 0 Å². The fraction of sp³-hybridized carbons (Fsp3) is 0.100. The summed E-state index contributed by atoms with van der Waals surface area (Å²) in [6, 6.07) is 33.3. The zero-order valence-corrected chi connectivity index (χ0v) is 19.6. The average Bonchev–Trinajstić information content (AvgIpc) is 2.93. The molecule has 4 aromatic carbocycles. The van der Waals surface area contributed by atoms with Crippen LogP contribution in [-0.2, 0) is 6.61 Å². The Morgan fingerprint density at radius 2 is 1.37 bits per heavy atom. The summed E-state index contributed by atoms with van der Waals surface area (Å²) in [4.78, 5) is 4.93. The second-order valence-electron chi connectivity index (χ2n) is 7.97. The van der Waals surface area contributed by atoms with Crippen molar-refractivity contribution in [2.45, 2.75) is 6.61 Å². The van der Waals surface area contributed by atoms with Gasteiger partial charge in [0, 0.05) is 17.0 Å². The summed E-state index contributed by atoms with van der Waals surface area (Å²) >= 11 is 0. The van der Waals surface area contributed by atoms with E-state index < -0.39 is 0 Å². The lowest BCUT2D eigenvalue weighted by Gasteiger charge is -2.08. The molecule has 0 atom stereocenters. The molecule has 5 heteroatoms. The summed E-state index contributed by atoms with van der Waals surface area (Å²) in [6.45, 7) is 0.521. The van der Waals surface area contributed by atoms with Crippen LogP contribution in [-0.4, -0.2) is 14.2 Å². The van der Waals surface area contributed by atoms with E-state index in [1.54, 1.807) is 14.2 Å². The van der Waals surface area contributed by atoms with Crippen molar-refractivity contribution in [3.05, 3.63) is 114 Å². The van der Waals surface area contributed by atoms with Crippen molar-refractivity contribution in [1.82, 2.24) is 0 Å². The van der Waals surface area contributed by atoms with Gasteiger partial charge < -0.3 is 18.6 Å². The van der Waals surface area contributed by atoms with Gasteiger partial charge in [-0.15, -0.1) is 0 Å². The van der Waals surface area contributed by atoms with Crippen LogP contribution in [0, 0.1) is 0 Å². The Bertz CT molecular complexity index is 1490. The Labute approximate surface area is 203 Å². The standard InChI is InChI=1S/C30H25NO4/c1-32-24-12-8-22(9-13-24)30-19-28(27-18-26(33-2)16-17-29(27)35-30)31-23-10-14-25(15-11-23)34-20-21-6-4-3-5-7-21/h3-19H,20H2,1-2H3. The van der Waals surface area contributed by atoms with Crippen LogP contribution in [0.15, 0.2) is 113 Å². The minimum absolute atomic E-state index is 0.521. The molecule has 0 saturated carbocycles. The summed E-state index contributed by atoms with van der Waals surface area (Å²) < 4.78 is 22.8. The highest BCUT2D eigenvalue weighted by molar-refractivity contribution is 5.80. The Hall–Kier alpha value is -4.51. The maximum atomic E-state index is 6.22. The van der Waals surface area contributed by atoms with Gasteiger partial charge in [-0.05, 0) is 72.3 Å². The third kappa shape index (κ3) is 5.20. The molecule has 174 valence electrons. The van der Waals surface area contributed by atoms with Crippen LogP contribution in [0.4, 0.5) is 5.69 Å². The molecule has 0 aliphatic rings. The summed E-state index contributed by atoms with van der Waals surface area (Å²) in [5, 5.41) is 1.65. The fourth-order valence-corrected chi connectivity index (χ4v) is 3.76. The van der Waals surface area contributed by atoms with Crippen molar-refractivity contribution < 1.29 is 18.6 Å². The lowest BCUT2D eigenvalue weighted by molar-refractivity contribution is 0.306. The summed E-state index contributed by atoms with van der Waals surface area (Å²) in [6.07, 6.45) is 0. The van der Waals surface area contributed by atoms with Gasteiger partial charge in [-0.1, -0.05) is 30.3 Å². The summed E-state index contributed by atoms with van der Waals surface area (Å²) in [5.74, 6) is 3.04. The molecule has 1 aromatic heterocycles. The van der Waals surface area contributed by atoms with E-state index in [2.05, 4.69) is 0 Å². The molecule has 5 aromatic rings. The number of methoxy groups -OCH3 is 2. The van der Waals surface area contributed by atoms with Gasteiger partial charge in [-0.25, -0.2) is 4.99 Å². The molecular weight excluding hydrogens is 438 g/mol. The Kier molecular flexibility index (Phi) is 6.48. The molecule has 0 bridgehead atoms. The van der Waals surface area contributed by atoms with Crippen molar-refractivity contribution in [2.75, 3.05) is 14.2 Å². The maximum Gasteiger partial charge on any atom is 0.137 e. The van der Waals surface area contributed by atoms with Crippen LogP contribution >= 0.6 is 0 Å². The number of benzene rings is 4. The molecule has 0 fully saturated rings. The molecule has 0 saturated heterocycles. The van der Waals surface area contributed by atoms with E-state index in [0.717, 1.165) is 50.4 Å². The second-order valence-corrected chi connectivity index (χ2v) is 7.97. The second kappa shape index (κ2) is 10.2. The molecule has 5 rings (SSSR count). The topological polar surface area (TPSA) is 53.2 Å². The first-order valence-corrected chi connectivity index (χ1v) is 11.3. The van der Waals surface area contributed by atoms with E-state index in [-0.39, 0.29) is 0 Å². The molecule has 0 radical (unpaired) electrons. The molecule has 5 nitrogen and oxygen atoms in total. The largest absolute Gasteiger partial charge is 0.497 e. The molecule has 0 N–H and O–H groups in total. The molecule has 0 unspecified atom stereocenters. The van der Waals surface area contributed by atoms with Gasteiger partial charge in [-0.2, -0.15) is 0 Å². The van der Waals surface area contributed by atoms with Crippen LogP contribution in [0.25, 0.3) is 22.3 Å². The zero-order chi connectivity index (χ0) is 24.0. The van der Waals surface area contributed by atoms with Crippen molar-refractivity contribution in [1.29, 1.82) is 0 Å². The average molecular weight is 464 g/mol. The SMILES string of the molecule is COc1ccc(-c2cc(=Nc3ccc(OCc4ccccc4)cc3)c3cc(OC)ccc3o2)cc1. The fourth-order valence-electron chi connectivity index (χ4n) is 3.76. The first-order valence-electron chi connectivity index (χ1n) is 11.3. The third-order valence-electron chi connectivity index (χ3n) is 5.66. The first kappa shape index (κ1) is 22.3. The number of ether oxygens (including phenoxy) is 3. The molecule has 0 spiro atoms. The van der Waals surface area contributed by atoms with E-state index in [1.165, 1.54) is 0 Å². The van der Waals surface area contributed by atoms with Gasteiger partial charge in [-0.3, -0.25) is 0 Å². The van der Waals surface area contributed by atoms with Crippen LogP contribution < -0.4 is 19.6 Å². The molecule has 0 amide bonds. The quantitative estimate of drug-likeness (QED) is 0.263. The number of hydrogen-bond acceptors (Lipinski definition) is 5. The molecule has 1 heterocycles.